The molecule has 2 N–H and O–H groups in total. The van der Waals surface area contributed by atoms with Gasteiger partial charge in [0.05, 0.1) is 6.04 Å². The van der Waals surface area contributed by atoms with Crippen LogP contribution in [0.1, 0.15) is 34.6 Å². The van der Waals surface area contributed by atoms with Crippen molar-refractivity contribution in [3.8, 4) is 0 Å². The molecule has 0 bridgehead atoms. The first-order valence-corrected chi connectivity index (χ1v) is 6.13. The summed E-state index contributed by atoms with van der Waals surface area (Å²) < 4.78 is 0. The second-order valence-electron chi connectivity index (χ2n) is 4.53. The van der Waals surface area contributed by atoms with Gasteiger partial charge in [-0.2, -0.15) is 0 Å². The number of carbonyl (C=O) groups excluding carboxylic acids is 1. The van der Waals surface area contributed by atoms with Crippen molar-refractivity contribution in [1.82, 2.24) is 10.3 Å². The van der Waals surface area contributed by atoms with Gasteiger partial charge in [0.25, 0.3) is 5.91 Å². The fraction of sp³-hybridized carbons (Fsp3) is 0.200. The summed E-state index contributed by atoms with van der Waals surface area (Å²) >= 11 is 0. The molecule has 0 aliphatic rings. The van der Waals surface area contributed by atoms with E-state index in [1.165, 1.54) is 11.6 Å². The summed E-state index contributed by atoms with van der Waals surface area (Å²) in [6.07, 6.45) is 0. The summed E-state index contributed by atoms with van der Waals surface area (Å²) in [7, 11) is 0. The number of benzene rings is 1. The Labute approximate surface area is 111 Å². The van der Waals surface area contributed by atoms with Crippen LogP contribution in [0.2, 0.25) is 0 Å². The normalized spacial score (nSPS) is 11.9. The van der Waals surface area contributed by atoms with Crippen molar-refractivity contribution in [1.29, 1.82) is 0 Å². The van der Waals surface area contributed by atoms with E-state index in [-0.39, 0.29) is 23.2 Å². The smallest absolute Gasteiger partial charge is 0.268 e. The maximum Gasteiger partial charge on any atom is 0.268 e. The molecule has 0 aliphatic carbocycles. The summed E-state index contributed by atoms with van der Waals surface area (Å²) in [4.78, 5) is 25.6. The lowest BCUT2D eigenvalue weighted by Gasteiger charge is -2.14. The molecule has 1 amide bonds. The predicted molar refractivity (Wildman–Crippen MR) is 74.1 cm³/mol. The quantitative estimate of drug-likeness (QED) is 0.884. The maximum atomic E-state index is 12.0. The zero-order valence-corrected chi connectivity index (χ0v) is 10.9. The number of hydrogen-bond acceptors (Lipinski definition) is 2. The zero-order valence-electron chi connectivity index (χ0n) is 10.9. The van der Waals surface area contributed by atoms with Gasteiger partial charge in [0.1, 0.15) is 5.69 Å². The van der Waals surface area contributed by atoms with Crippen LogP contribution in [0.3, 0.4) is 0 Å². The van der Waals surface area contributed by atoms with Crippen molar-refractivity contribution in [3.63, 3.8) is 0 Å². The van der Waals surface area contributed by atoms with Crippen LogP contribution in [0.4, 0.5) is 0 Å². The summed E-state index contributed by atoms with van der Waals surface area (Å²) in [5, 5.41) is 2.85. The fourth-order valence-corrected chi connectivity index (χ4v) is 1.79. The van der Waals surface area contributed by atoms with Crippen LogP contribution in [0, 0.1) is 6.92 Å². The standard InChI is InChI=1S/C15H16N2O2/c1-10-6-8-12(9-7-10)11(2)16-15(19)13-4-3-5-14(18)17-13/h3-9,11H,1-2H3,(H,16,19)(H,17,18). The topological polar surface area (TPSA) is 62.0 Å². The number of aryl methyl sites for hydroxylation is 1. The first-order valence-electron chi connectivity index (χ1n) is 6.13. The molecule has 0 saturated carbocycles. The molecule has 19 heavy (non-hydrogen) atoms. The molecular formula is C15H16N2O2. The zero-order chi connectivity index (χ0) is 13.8. The van der Waals surface area contributed by atoms with E-state index in [0.29, 0.717) is 0 Å². The minimum atomic E-state index is -0.286. The number of H-pyrrole nitrogens is 1. The largest absolute Gasteiger partial charge is 0.344 e. The summed E-state index contributed by atoms with van der Waals surface area (Å²) in [5.41, 5.74) is 2.19. The van der Waals surface area contributed by atoms with E-state index < -0.39 is 0 Å². The minimum Gasteiger partial charge on any atom is -0.344 e. The van der Waals surface area contributed by atoms with Gasteiger partial charge in [-0.15, -0.1) is 0 Å². The maximum absolute atomic E-state index is 12.0. The van der Waals surface area contributed by atoms with Crippen LogP contribution in [0.15, 0.2) is 47.3 Å². The molecule has 0 fully saturated rings. The van der Waals surface area contributed by atoms with Crippen molar-refractivity contribution in [2.45, 2.75) is 19.9 Å². The van der Waals surface area contributed by atoms with Gasteiger partial charge in [0, 0.05) is 6.07 Å². The second-order valence-corrected chi connectivity index (χ2v) is 4.53. The van der Waals surface area contributed by atoms with Crippen LogP contribution in [0.25, 0.3) is 0 Å². The van der Waals surface area contributed by atoms with E-state index in [9.17, 15) is 9.59 Å². The van der Waals surface area contributed by atoms with Crippen LogP contribution >= 0.6 is 0 Å². The molecule has 1 unspecified atom stereocenters. The van der Waals surface area contributed by atoms with Gasteiger partial charge in [-0.1, -0.05) is 35.9 Å². The van der Waals surface area contributed by atoms with Gasteiger partial charge in [-0.25, -0.2) is 0 Å². The molecule has 1 heterocycles. The highest BCUT2D eigenvalue weighted by atomic mass is 16.2. The number of amides is 1. The highest BCUT2D eigenvalue weighted by Gasteiger charge is 2.11. The summed E-state index contributed by atoms with van der Waals surface area (Å²) in [6.45, 7) is 3.92. The molecule has 4 heteroatoms. The third-order valence-corrected chi connectivity index (χ3v) is 2.94. The molecule has 0 saturated heterocycles. The van der Waals surface area contributed by atoms with Crippen LogP contribution in [-0.2, 0) is 0 Å². The number of nitrogens with one attached hydrogen (secondary N) is 2. The van der Waals surface area contributed by atoms with E-state index in [1.807, 2.05) is 38.1 Å². The lowest BCUT2D eigenvalue weighted by atomic mass is 10.1. The molecule has 2 aromatic rings. The number of rotatable bonds is 3. The van der Waals surface area contributed by atoms with Gasteiger partial charge >= 0.3 is 0 Å². The summed E-state index contributed by atoms with van der Waals surface area (Å²) in [6, 6.07) is 12.4. The Morgan fingerprint density at radius 3 is 2.47 bits per heavy atom. The fourth-order valence-electron chi connectivity index (χ4n) is 1.79. The molecule has 0 aliphatic heterocycles. The molecule has 1 atom stereocenters. The van der Waals surface area contributed by atoms with Gasteiger partial charge in [-0.3, -0.25) is 9.59 Å². The Morgan fingerprint density at radius 1 is 1.16 bits per heavy atom. The third kappa shape index (κ3) is 3.31. The number of aromatic nitrogens is 1. The van der Waals surface area contributed by atoms with Crippen molar-refractivity contribution in [3.05, 3.63) is 69.6 Å². The monoisotopic (exact) mass is 256 g/mol. The Hall–Kier alpha value is -2.36. The Morgan fingerprint density at radius 2 is 1.84 bits per heavy atom. The Bertz CT molecular complexity index is 629. The van der Waals surface area contributed by atoms with E-state index >= 15 is 0 Å². The molecule has 1 aromatic heterocycles. The predicted octanol–water partition coefficient (Wildman–Crippen LogP) is 2.17. The SMILES string of the molecule is Cc1ccc(C(C)NC(=O)c2cccc(=O)[nH]2)cc1. The average molecular weight is 256 g/mol. The molecule has 4 nitrogen and oxygen atoms in total. The highest BCUT2D eigenvalue weighted by molar-refractivity contribution is 5.92. The lowest BCUT2D eigenvalue weighted by molar-refractivity contribution is 0.0934. The van der Waals surface area contributed by atoms with Gasteiger partial charge in [0.15, 0.2) is 0 Å². The molecule has 98 valence electrons. The van der Waals surface area contributed by atoms with Crippen molar-refractivity contribution >= 4 is 5.91 Å². The number of pyridine rings is 1. The van der Waals surface area contributed by atoms with Crippen LogP contribution in [0.5, 0.6) is 0 Å². The van der Waals surface area contributed by atoms with Crippen molar-refractivity contribution in [2.75, 3.05) is 0 Å². The van der Waals surface area contributed by atoms with E-state index in [1.54, 1.807) is 12.1 Å². The first kappa shape index (κ1) is 13.1. The summed E-state index contributed by atoms with van der Waals surface area (Å²) in [5.74, 6) is -0.286. The lowest BCUT2D eigenvalue weighted by Crippen LogP contribution is -2.28. The number of carbonyl (C=O) groups is 1. The second kappa shape index (κ2) is 5.52. The highest BCUT2D eigenvalue weighted by Crippen LogP contribution is 2.13. The first-order chi connectivity index (χ1) is 9.06. The minimum absolute atomic E-state index is 0.114. The van der Waals surface area contributed by atoms with E-state index in [4.69, 9.17) is 0 Å². The molecule has 2 rings (SSSR count). The van der Waals surface area contributed by atoms with E-state index in [2.05, 4.69) is 10.3 Å². The molecule has 0 radical (unpaired) electrons. The average Bonchev–Trinajstić information content (AvgIpc) is 2.39. The molecular weight excluding hydrogens is 240 g/mol. The van der Waals surface area contributed by atoms with Crippen molar-refractivity contribution in [2.24, 2.45) is 0 Å². The Balaban J connectivity index is 2.10. The Kier molecular flexibility index (Phi) is 3.80. The van der Waals surface area contributed by atoms with Crippen molar-refractivity contribution < 1.29 is 4.79 Å². The number of aromatic amines is 1. The van der Waals surface area contributed by atoms with Crippen LogP contribution < -0.4 is 10.9 Å². The van der Waals surface area contributed by atoms with Gasteiger partial charge in [0.2, 0.25) is 5.56 Å². The molecule has 1 aromatic carbocycles. The van der Waals surface area contributed by atoms with Crippen LogP contribution in [-0.4, -0.2) is 10.9 Å². The van der Waals surface area contributed by atoms with Gasteiger partial charge in [-0.05, 0) is 25.5 Å². The third-order valence-electron chi connectivity index (χ3n) is 2.94. The van der Waals surface area contributed by atoms with Gasteiger partial charge < -0.3 is 10.3 Å². The molecule has 0 spiro atoms. The van der Waals surface area contributed by atoms with E-state index in [0.717, 1.165) is 5.56 Å². The number of hydrogen-bond donors (Lipinski definition) is 2.